The van der Waals surface area contributed by atoms with Gasteiger partial charge in [-0.15, -0.1) is 24.0 Å². The van der Waals surface area contributed by atoms with Crippen LogP contribution in [-0.2, 0) is 0 Å². The van der Waals surface area contributed by atoms with E-state index < -0.39 is 0 Å². The zero-order valence-corrected chi connectivity index (χ0v) is 8.45. The molecule has 0 aliphatic carbocycles. The van der Waals surface area contributed by atoms with Crippen LogP contribution in [0, 0.1) is 0 Å². The van der Waals surface area contributed by atoms with Crippen molar-refractivity contribution < 1.29 is 0 Å². The highest BCUT2D eigenvalue weighted by Crippen LogP contribution is 2.41. The summed E-state index contributed by atoms with van der Waals surface area (Å²) in [6.07, 6.45) is 0. The Kier molecular flexibility index (Phi) is 1.75. The molecule has 6 heteroatoms. The lowest BCUT2D eigenvalue weighted by Crippen LogP contribution is -1.76. The first-order valence-corrected chi connectivity index (χ1v) is 5.13. The number of hydrogen-bond acceptors (Lipinski definition) is 5. The van der Waals surface area contributed by atoms with Gasteiger partial charge in [0.2, 0.25) is 0 Å². The zero-order chi connectivity index (χ0) is 8.01. The third-order valence-electron chi connectivity index (χ3n) is 1.29. The van der Waals surface area contributed by atoms with E-state index in [9.17, 15) is 0 Å². The van der Waals surface area contributed by atoms with Crippen LogP contribution < -0.4 is 5.73 Å². The fourth-order valence-electron chi connectivity index (χ4n) is 0.802. The van der Waals surface area contributed by atoms with Crippen molar-refractivity contribution in [2.24, 2.45) is 0 Å². The van der Waals surface area contributed by atoms with Crippen molar-refractivity contribution in [2.75, 3.05) is 5.73 Å². The van der Waals surface area contributed by atoms with E-state index in [1.165, 1.54) is 22.9 Å². The molecule has 0 saturated carbocycles. The highest BCUT2D eigenvalue weighted by atomic mass is 35.5. The number of thiophene rings is 1. The molecular formula is C5H3ClN2S3. The van der Waals surface area contributed by atoms with Crippen molar-refractivity contribution in [1.82, 2.24) is 4.37 Å². The number of fused-ring (bicyclic) bond motifs is 1. The molecule has 2 nitrogen and oxygen atoms in total. The Labute approximate surface area is 81.6 Å². The van der Waals surface area contributed by atoms with Crippen molar-refractivity contribution in [3.05, 3.63) is 5.02 Å². The summed E-state index contributed by atoms with van der Waals surface area (Å²) in [5, 5.41) is 2.15. The number of nitrogens with two attached hydrogens (primary N) is 1. The molecule has 0 fully saturated rings. The van der Waals surface area contributed by atoms with Gasteiger partial charge in [-0.2, -0.15) is 4.37 Å². The van der Waals surface area contributed by atoms with Gasteiger partial charge in [0.25, 0.3) is 0 Å². The van der Waals surface area contributed by atoms with Crippen LogP contribution >= 0.6 is 47.1 Å². The number of nitrogen functional groups attached to an aromatic ring is 1. The van der Waals surface area contributed by atoms with Crippen LogP contribution in [0.4, 0.5) is 5.00 Å². The van der Waals surface area contributed by atoms with Crippen LogP contribution in [0.2, 0.25) is 5.02 Å². The summed E-state index contributed by atoms with van der Waals surface area (Å²) >= 11 is 12.8. The number of anilines is 1. The quantitative estimate of drug-likeness (QED) is 0.673. The Morgan fingerprint density at radius 3 is 2.91 bits per heavy atom. The van der Waals surface area contributed by atoms with Crippen molar-refractivity contribution in [1.29, 1.82) is 0 Å². The highest BCUT2D eigenvalue weighted by molar-refractivity contribution is 7.83. The molecule has 0 unspecified atom stereocenters. The molecule has 0 bridgehead atoms. The van der Waals surface area contributed by atoms with Crippen molar-refractivity contribution in [2.45, 2.75) is 4.21 Å². The molecular weight excluding hydrogens is 220 g/mol. The van der Waals surface area contributed by atoms with Crippen LogP contribution in [0.3, 0.4) is 0 Å². The summed E-state index contributed by atoms with van der Waals surface area (Å²) in [7, 11) is 0. The van der Waals surface area contributed by atoms with Gasteiger partial charge in [-0.3, -0.25) is 0 Å². The summed E-state index contributed by atoms with van der Waals surface area (Å²) in [4.78, 5) is 0.877. The Hall–Kier alpha value is 0.0300. The normalized spacial score (nSPS) is 11.1. The average Bonchev–Trinajstić information content (AvgIpc) is 2.41. The lowest BCUT2D eigenvalue weighted by atomic mass is 10.4. The summed E-state index contributed by atoms with van der Waals surface area (Å²) < 4.78 is 4.88. The molecule has 2 N–H and O–H groups in total. The lowest BCUT2D eigenvalue weighted by Gasteiger charge is -1.84. The van der Waals surface area contributed by atoms with Crippen LogP contribution in [0.25, 0.3) is 10.2 Å². The Morgan fingerprint density at radius 2 is 2.27 bits per heavy atom. The molecule has 58 valence electrons. The fraction of sp³-hybridized carbons (Fsp3) is 0. The Morgan fingerprint density at radius 1 is 1.55 bits per heavy atom. The van der Waals surface area contributed by atoms with E-state index in [0.29, 0.717) is 10.0 Å². The second-order valence-corrected chi connectivity index (χ2v) is 4.88. The van der Waals surface area contributed by atoms with Gasteiger partial charge in [0.1, 0.15) is 9.83 Å². The van der Waals surface area contributed by atoms with Crippen LogP contribution in [0.5, 0.6) is 0 Å². The predicted octanol–water partition coefficient (Wildman–Crippen LogP) is 2.88. The standard InChI is InChI=1S/C5H3ClN2S3/c6-2-1-3(7)11-8-4(1)10-5(2)9/h9H,7H2. The Bertz CT molecular complexity index is 405. The van der Waals surface area contributed by atoms with Crippen LogP contribution in [-0.4, -0.2) is 4.37 Å². The van der Waals surface area contributed by atoms with Gasteiger partial charge in [0.15, 0.2) is 0 Å². The monoisotopic (exact) mass is 222 g/mol. The molecule has 11 heavy (non-hydrogen) atoms. The predicted molar refractivity (Wildman–Crippen MR) is 54.2 cm³/mol. The van der Waals surface area contributed by atoms with E-state index >= 15 is 0 Å². The molecule has 0 aliphatic rings. The number of hydrogen-bond donors (Lipinski definition) is 2. The van der Waals surface area contributed by atoms with E-state index in [1.54, 1.807) is 0 Å². The average molecular weight is 223 g/mol. The molecule has 2 rings (SSSR count). The van der Waals surface area contributed by atoms with E-state index in [2.05, 4.69) is 17.0 Å². The van der Waals surface area contributed by atoms with Crippen molar-refractivity contribution >= 4 is 62.3 Å². The van der Waals surface area contributed by atoms with Gasteiger partial charge >= 0.3 is 0 Å². The second-order valence-electron chi connectivity index (χ2n) is 1.95. The third kappa shape index (κ3) is 1.03. The molecule has 0 spiro atoms. The second kappa shape index (κ2) is 2.52. The maximum absolute atomic E-state index is 5.91. The van der Waals surface area contributed by atoms with Gasteiger partial charge in [-0.25, -0.2) is 0 Å². The fourth-order valence-corrected chi connectivity index (χ4v) is 3.17. The minimum Gasteiger partial charge on any atom is -0.389 e. The summed E-state index contributed by atoms with van der Waals surface area (Å²) in [6, 6.07) is 0. The Balaban J connectivity index is 2.95. The van der Waals surface area contributed by atoms with Gasteiger partial charge in [0, 0.05) is 0 Å². The summed E-state index contributed by atoms with van der Waals surface area (Å²) in [5.74, 6) is 0. The van der Waals surface area contributed by atoms with Gasteiger partial charge < -0.3 is 5.73 Å². The minimum absolute atomic E-state index is 0.625. The molecule has 2 aromatic heterocycles. The SMILES string of the molecule is Nc1snc2sc(S)c(Cl)c12. The van der Waals surface area contributed by atoms with Gasteiger partial charge in [-0.05, 0) is 11.5 Å². The lowest BCUT2D eigenvalue weighted by molar-refractivity contribution is 1.76. The van der Waals surface area contributed by atoms with Crippen LogP contribution in [0.15, 0.2) is 4.21 Å². The summed E-state index contributed by atoms with van der Waals surface area (Å²) in [6.45, 7) is 0. The minimum atomic E-state index is 0.625. The first-order chi connectivity index (χ1) is 5.20. The molecule has 2 aromatic rings. The van der Waals surface area contributed by atoms with Crippen molar-refractivity contribution in [3.63, 3.8) is 0 Å². The number of thiol groups is 1. The van der Waals surface area contributed by atoms with E-state index in [0.717, 1.165) is 14.4 Å². The topological polar surface area (TPSA) is 38.9 Å². The number of nitrogens with zero attached hydrogens (tertiary/aromatic N) is 1. The molecule has 0 radical (unpaired) electrons. The van der Waals surface area contributed by atoms with E-state index in [4.69, 9.17) is 17.3 Å². The molecule has 2 heterocycles. The van der Waals surface area contributed by atoms with Crippen LogP contribution in [0.1, 0.15) is 0 Å². The molecule has 0 aromatic carbocycles. The first-order valence-electron chi connectivity index (χ1n) is 2.72. The van der Waals surface area contributed by atoms with Crippen molar-refractivity contribution in [3.8, 4) is 0 Å². The third-order valence-corrected chi connectivity index (χ3v) is 4.08. The summed E-state index contributed by atoms with van der Waals surface area (Å²) in [5.41, 5.74) is 5.63. The zero-order valence-electron chi connectivity index (χ0n) is 5.17. The molecule has 0 aliphatic heterocycles. The molecule has 0 atom stereocenters. The maximum Gasteiger partial charge on any atom is 0.142 e. The number of rotatable bonds is 0. The largest absolute Gasteiger partial charge is 0.389 e. The first kappa shape index (κ1) is 7.67. The number of halogens is 1. The van der Waals surface area contributed by atoms with Gasteiger partial charge in [-0.1, -0.05) is 11.6 Å². The van der Waals surface area contributed by atoms with E-state index in [-0.39, 0.29) is 0 Å². The van der Waals surface area contributed by atoms with E-state index in [1.807, 2.05) is 0 Å². The molecule has 0 saturated heterocycles. The maximum atomic E-state index is 5.91. The smallest absolute Gasteiger partial charge is 0.142 e. The molecule has 0 amide bonds. The highest BCUT2D eigenvalue weighted by Gasteiger charge is 2.12. The van der Waals surface area contributed by atoms with Gasteiger partial charge in [0.05, 0.1) is 14.6 Å². The number of aromatic nitrogens is 1.